The quantitative estimate of drug-likeness (QED) is 0.722. The molecule has 1 aromatic heterocycles. The zero-order valence-corrected chi connectivity index (χ0v) is 13.6. The fourth-order valence-corrected chi connectivity index (χ4v) is 4.50. The lowest BCUT2D eigenvalue weighted by Crippen LogP contribution is -2.37. The maximum absolute atomic E-state index is 13.0. The third-order valence-electron chi connectivity index (χ3n) is 5.88. The standard InChI is InChI=1S/C20H16O5/c1-20-5-4-16(23)12-8-25-19(17(12)20)18(24)11-6-9-10(7-13(11)20)15(22)3-2-14(9)21/h2-3,6-8,14-15,21-22H,4-5H2,1H3. The van der Waals surface area contributed by atoms with Gasteiger partial charge in [0.05, 0.1) is 17.8 Å². The van der Waals surface area contributed by atoms with E-state index in [2.05, 4.69) is 0 Å². The first-order valence-corrected chi connectivity index (χ1v) is 8.34. The van der Waals surface area contributed by atoms with E-state index in [-0.39, 0.29) is 17.3 Å². The lowest BCUT2D eigenvalue weighted by Gasteiger charge is -2.39. The fourth-order valence-electron chi connectivity index (χ4n) is 4.50. The van der Waals surface area contributed by atoms with Crippen LogP contribution in [0, 0.1) is 0 Å². The van der Waals surface area contributed by atoms with Gasteiger partial charge in [0.15, 0.2) is 11.5 Å². The van der Waals surface area contributed by atoms with E-state index in [1.165, 1.54) is 12.3 Å². The van der Waals surface area contributed by atoms with Crippen molar-refractivity contribution in [3.63, 3.8) is 0 Å². The summed E-state index contributed by atoms with van der Waals surface area (Å²) < 4.78 is 5.49. The van der Waals surface area contributed by atoms with Gasteiger partial charge in [-0.3, -0.25) is 9.59 Å². The maximum Gasteiger partial charge on any atom is 0.228 e. The van der Waals surface area contributed by atoms with Gasteiger partial charge in [-0.1, -0.05) is 25.1 Å². The van der Waals surface area contributed by atoms with E-state index < -0.39 is 17.6 Å². The molecule has 0 amide bonds. The van der Waals surface area contributed by atoms with E-state index in [1.807, 2.05) is 13.0 Å². The number of hydrogen-bond donors (Lipinski definition) is 2. The minimum Gasteiger partial charge on any atom is -0.460 e. The summed E-state index contributed by atoms with van der Waals surface area (Å²) in [5.74, 6) is -0.0584. The number of carbonyl (C=O) groups excluding carboxylic acids is 2. The van der Waals surface area contributed by atoms with Crippen LogP contribution >= 0.6 is 0 Å². The van der Waals surface area contributed by atoms with E-state index in [0.29, 0.717) is 40.7 Å². The average molecular weight is 336 g/mol. The SMILES string of the molecule is CC12CCC(=O)c3coc(c31)C(=O)c1cc3c(cc12)C(O)C=CC3O. The van der Waals surface area contributed by atoms with Crippen LogP contribution in [-0.4, -0.2) is 21.8 Å². The molecule has 0 saturated heterocycles. The first-order chi connectivity index (χ1) is 11.9. The molecular formula is C20H16O5. The smallest absolute Gasteiger partial charge is 0.228 e. The predicted octanol–water partition coefficient (Wildman–Crippen LogP) is 2.74. The van der Waals surface area contributed by atoms with Crippen LogP contribution in [0.5, 0.6) is 0 Å². The fraction of sp³-hybridized carbons (Fsp3) is 0.300. The summed E-state index contributed by atoms with van der Waals surface area (Å²) in [7, 11) is 0. The Balaban J connectivity index is 1.83. The summed E-state index contributed by atoms with van der Waals surface area (Å²) in [6, 6.07) is 3.48. The van der Waals surface area contributed by atoms with Crippen molar-refractivity contribution >= 4 is 11.6 Å². The number of benzene rings is 1. The summed E-state index contributed by atoms with van der Waals surface area (Å²) in [6.45, 7) is 2.01. The van der Waals surface area contributed by atoms with E-state index in [1.54, 1.807) is 12.1 Å². The monoisotopic (exact) mass is 336 g/mol. The van der Waals surface area contributed by atoms with E-state index in [0.717, 1.165) is 5.56 Å². The zero-order chi connectivity index (χ0) is 17.5. The van der Waals surface area contributed by atoms with Crippen molar-refractivity contribution in [3.05, 3.63) is 69.7 Å². The molecule has 0 saturated carbocycles. The van der Waals surface area contributed by atoms with Crippen molar-refractivity contribution in [2.24, 2.45) is 0 Å². The molecular weight excluding hydrogens is 320 g/mol. The Kier molecular flexibility index (Phi) is 2.70. The molecule has 0 fully saturated rings. The molecule has 3 unspecified atom stereocenters. The third-order valence-corrected chi connectivity index (χ3v) is 5.88. The van der Waals surface area contributed by atoms with Gasteiger partial charge in [-0.2, -0.15) is 0 Å². The molecule has 2 N–H and O–H groups in total. The highest BCUT2D eigenvalue weighted by molar-refractivity contribution is 6.14. The normalized spacial score (nSPS) is 29.2. The van der Waals surface area contributed by atoms with Crippen LogP contribution in [0.1, 0.15) is 80.7 Å². The van der Waals surface area contributed by atoms with Gasteiger partial charge in [-0.15, -0.1) is 0 Å². The molecule has 3 aliphatic rings. The van der Waals surface area contributed by atoms with Crippen molar-refractivity contribution < 1.29 is 24.2 Å². The topological polar surface area (TPSA) is 87.7 Å². The van der Waals surface area contributed by atoms with E-state index >= 15 is 0 Å². The number of ketones is 2. The van der Waals surface area contributed by atoms with Crippen LogP contribution in [0.3, 0.4) is 0 Å². The first kappa shape index (κ1) is 14.8. The Morgan fingerprint density at radius 1 is 1.08 bits per heavy atom. The number of carbonyl (C=O) groups is 2. The van der Waals surface area contributed by atoms with Crippen molar-refractivity contribution in [1.29, 1.82) is 0 Å². The van der Waals surface area contributed by atoms with Crippen LogP contribution in [0.2, 0.25) is 0 Å². The lowest BCUT2D eigenvalue weighted by atomic mass is 9.62. The molecule has 2 aromatic rings. The van der Waals surface area contributed by atoms with Gasteiger partial charge in [0, 0.05) is 23.0 Å². The van der Waals surface area contributed by atoms with Crippen molar-refractivity contribution in [3.8, 4) is 0 Å². The molecule has 5 nitrogen and oxygen atoms in total. The van der Waals surface area contributed by atoms with Crippen LogP contribution in [-0.2, 0) is 5.41 Å². The number of fused-ring (bicyclic) bond motifs is 3. The third kappa shape index (κ3) is 1.69. The van der Waals surface area contributed by atoms with Crippen LogP contribution in [0.4, 0.5) is 0 Å². The maximum atomic E-state index is 13.0. The minimum atomic E-state index is -0.856. The van der Waals surface area contributed by atoms with Gasteiger partial charge in [-0.25, -0.2) is 0 Å². The number of furan rings is 1. The highest BCUT2D eigenvalue weighted by Crippen LogP contribution is 2.51. The molecule has 3 aliphatic carbocycles. The Bertz CT molecular complexity index is 996. The van der Waals surface area contributed by atoms with E-state index in [4.69, 9.17) is 4.42 Å². The van der Waals surface area contributed by atoms with Crippen LogP contribution < -0.4 is 0 Å². The number of rotatable bonds is 0. The van der Waals surface area contributed by atoms with Crippen LogP contribution in [0.25, 0.3) is 0 Å². The second-order valence-corrected chi connectivity index (χ2v) is 7.24. The number of Topliss-reactive ketones (excluding diaryl/α,β-unsaturated/α-hetero) is 1. The Hall–Kier alpha value is -2.50. The predicted molar refractivity (Wildman–Crippen MR) is 87.7 cm³/mol. The number of aliphatic hydroxyl groups excluding tert-OH is 2. The Morgan fingerprint density at radius 3 is 2.48 bits per heavy atom. The molecule has 0 bridgehead atoms. The van der Waals surface area contributed by atoms with Gasteiger partial charge >= 0.3 is 0 Å². The first-order valence-electron chi connectivity index (χ1n) is 8.34. The highest BCUT2D eigenvalue weighted by atomic mass is 16.3. The van der Waals surface area contributed by atoms with Crippen molar-refractivity contribution in [2.75, 3.05) is 0 Å². The van der Waals surface area contributed by atoms with Gasteiger partial charge in [0.25, 0.3) is 0 Å². The minimum absolute atomic E-state index is 0.00456. The van der Waals surface area contributed by atoms with E-state index in [9.17, 15) is 19.8 Å². The molecule has 126 valence electrons. The summed E-state index contributed by atoms with van der Waals surface area (Å²) in [6.07, 6.45) is 3.75. The van der Waals surface area contributed by atoms with Gasteiger partial charge in [0.2, 0.25) is 5.78 Å². The molecule has 25 heavy (non-hydrogen) atoms. The van der Waals surface area contributed by atoms with Gasteiger partial charge < -0.3 is 14.6 Å². The van der Waals surface area contributed by atoms with Crippen molar-refractivity contribution in [1.82, 2.24) is 0 Å². The molecule has 0 aliphatic heterocycles. The summed E-state index contributed by atoms with van der Waals surface area (Å²) >= 11 is 0. The average Bonchev–Trinajstić information content (AvgIpc) is 3.06. The van der Waals surface area contributed by atoms with Gasteiger partial charge in [-0.05, 0) is 29.2 Å². The highest BCUT2D eigenvalue weighted by Gasteiger charge is 2.48. The number of hydrogen-bond acceptors (Lipinski definition) is 5. The zero-order valence-electron chi connectivity index (χ0n) is 13.6. The summed E-state index contributed by atoms with van der Waals surface area (Å²) in [5, 5.41) is 20.5. The summed E-state index contributed by atoms with van der Waals surface area (Å²) in [5.41, 5.74) is 3.05. The largest absolute Gasteiger partial charge is 0.460 e. The van der Waals surface area contributed by atoms with Crippen molar-refractivity contribution in [2.45, 2.75) is 37.4 Å². The van der Waals surface area contributed by atoms with Gasteiger partial charge in [0.1, 0.15) is 6.26 Å². The number of aliphatic hydroxyl groups is 2. The lowest BCUT2D eigenvalue weighted by molar-refractivity contribution is 0.0957. The Labute approximate surface area is 143 Å². The molecule has 5 rings (SSSR count). The molecule has 1 heterocycles. The Morgan fingerprint density at radius 2 is 1.76 bits per heavy atom. The molecule has 0 spiro atoms. The summed E-state index contributed by atoms with van der Waals surface area (Å²) in [4.78, 5) is 25.2. The second kappa shape index (κ2) is 4.56. The molecule has 0 radical (unpaired) electrons. The molecule has 5 heteroatoms. The molecule has 1 aromatic carbocycles. The molecule has 3 atom stereocenters. The van der Waals surface area contributed by atoms with Crippen LogP contribution in [0.15, 0.2) is 35.0 Å². The second-order valence-electron chi connectivity index (χ2n) is 7.24.